The van der Waals surface area contributed by atoms with Gasteiger partial charge in [0.25, 0.3) is 0 Å². The summed E-state index contributed by atoms with van der Waals surface area (Å²) in [7, 11) is 0. The Morgan fingerprint density at radius 3 is 2.86 bits per heavy atom. The SMILES string of the molecule is OCC1(CNc2ccsc2Cl)COC1. The van der Waals surface area contributed by atoms with Crippen LogP contribution in [0.2, 0.25) is 4.34 Å². The van der Waals surface area contributed by atoms with E-state index >= 15 is 0 Å². The molecule has 1 saturated heterocycles. The molecule has 0 saturated carbocycles. The zero-order chi connectivity index (χ0) is 10.0. The monoisotopic (exact) mass is 233 g/mol. The molecule has 1 fully saturated rings. The molecule has 0 atom stereocenters. The third kappa shape index (κ3) is 1.88. The first-order valence-electron chi connectivity index (χ1n) is 4.41. The van der Waals surface area contributed by atoms with E-state index in [1.165, 1.54) is 11.3 Å². The van der Waals surface area contributed by atoms with Crippen molar-refractivity contribution in [3.63, 3.8) is 0 Å². The van der Waals surface area contributed by atoms with Crippen molar-refractivity contribution in [1.29, 1.82) is 0 Å². The Labute approximate surface area is 91.7 Å². The highest BCUT2D eigenvalue weighted by atomic mass is 35.5. The highest BCUT2D eigenvalue weighted by molar-refractivity contribution is 7.15. The van der Waals surface area contributed by atoms with E-state index in [2.05, 4.69) is 5.32 Å². The lowest BCUT2D eigenvalue weighted by molar-refractivity contribution is -0.128. The number of ether oxygens (including phenoxy) is 1. The van der Waals surface area contributed by atoms with Gasteiger partial charge in [0.2, 0.25) is 0 Å². The smallest absolute Gasteiger partial charge is 0.116 e. The molecule has 5 heteroatoms. The maximum absolute atomic E-state index is 9.18. The van der Waals surface area contributed by atoms with E-state index in [9.17, 15) is 5.11 Å². The molecule has 0 amide bonds. The molecule has 0 bridgehead atoms. The maximum Gasteiger partial charge on any atom is 0.116 e. The molecule has 1 aliphatic heterocycles. The molecule has 1 aromatic heterocycles. The van der Waals surface area contributed by atoms with Crippen molar-refractivity contribution in [3.8, 4) is 0 Å². The quantitative estimate of drug-likeness (QED) is 0.834. The van der Waals surface area contributed by atoms with Gasteiger partial charge in [-0.1, -0.05) is 11.6 Å². The Balaban J connectivity index is 1.90. The molecule has 0 spiro atoms. The molecule has 3 nitrogen and oxygen atoms in total. The van der Waals surface area contributed by atoms with Gasteiger partial charge in [-0.25, -0.2) is 0 Å². The summed E-state index contributed by atoms with van der Waals surface area (Å²) in [6.45, 7) is 2.11. The maximum atomic E-state index is 9.18. The zero-order valence-corrected chi connectivity index (χ0v) is 9.20. The van der Waals surface area contributed by atoms with Crippen LogP contribution in [0.1, 0.15) is 0 Å². The fourth-order valence-corrected chi connectivity index (χ4v) is 2.22. The van der Waals surface area contributed by atoms with Crippen LogP contribution in [0.4, 0.5) is 5.69 Å². The Bertz CT molecular complexity index is 306. The van der Waals surface area contributed by atoms with Gasteiger partial charge in [0.05, 0.1) is 30.9 Å². The van der Waals surface area contributed by atoms with Crippen LogP contribution in [0.25, 0.3) is 0 Å². The fourth-order valence-electron chi connectivity index (χ4n) is 1.34. The number of aliphatic hydroxyl groups is 1. The first kappa shape index (κ1) is 10.2. The molecule has 1 aliphatic rings. The number of nitrogens with one attached hydrogen (secondary N) is 1. The first-order valence-corrected chi connectivity index (χ1v) is 5.67. The van der Waals surface area contributed by atoms with Crippen LogP contribution in [-0.2, 0) is 4.74 Å². The van der Waals surface area contributed by atoms with Crippen LogP contribution < -0.4 is 5.32 Å². The van der Waals surface area contributed by atoms with E-state index < -0.39 is 0 Å². The van der Waals surface area contributed by atoms with Crippen LogP contribution in [0.3, 0.4) is 0 Å². The summed E-state index contributed by atoms with van der Waals surface area (Å²) >= 11 is 7.43. The normalized spacial score (nSPS) is 19.0. The molecular weight excluding hydrogens is 222 g/mol. The van der Waals surface area contributed by atoms with E-state index in [4.69, 9.17) is 16.3 Å². The summed E-state index contributed by atoms with van der Waals surface area (Å²) in [5, 5.41) is 14.3. The first-order chi connectivity index (χ1) is 6.76. The number of halogens is 1. The highest BCUT2D eigenvalue weighted by Crippen LogP contribution is 2.31. The second-order valence-electron chi connectivity index (χ2n) is 3.61. The average Bonchev–Trinajstić information content (AvgIpc) is 2.51. The Morgan fingerprint density at radius 2 is 2.43 bits per heavy atom. The van der Waals surface area contributed by atoms with Gasteiger partial charge in [0.1, 0.15) is 4.34 Å². The second kappa shape index (κ2) is 4.06. The van der Waals surface area contributed by atoms with Crippen molar-refractivity contribution in [1.82, 2.24) is 0 Å². The van der Waals surface area contributed by atoms with Crippen molar-refractivity contribution >= 4 is 28.6 Å². The largest absolute Gasteiger partial charge is 0.396 e. The van der Waals surface area contributed by atoms with Crippen LogP contribution in [0.5, 0.6) is 0 Å². The highest BCUT2D eigenvalue weighted by Gasteiger charge is 2.37. The summed E-state index contributed by atoms with van der Waals surface area (Å²) in [5.41, 5.74) is 0.835. The predicted octanol–water partition coefficient (Wildman–Crippen LogP) is 1.82. The van der Waals surface area contributed by atoms with Crippen molar-refractivity contribution in [3.05, 3.63) is 15.8 Å². The summed E-state index contributed by atoms with van der Waals surface area (Å²) in [5.74, 6) is 0. The lowest BCUT2D eigenvalue weighted by atomic mass is 9.87. The minimum atomic E-state index is -0.106. The molecule has 0 aromatic carbocycles. The summed E-state index contributed by atoms with van der Waals surface area (Å²) in [4.78, 5) is 0. The van der Waals surface area contributed by atoms with E-state index in [0.29, 0.717) is 19.8 Å². The van der Waals surface area contributed by atoms with Crippen LogP contribution in [0.15, 0.2) is 11.4 Å². The minimum absolute atomic E-state index is 0.106. The van der Waals surface area contributed by atoms with Gasteiger partial charge in [-0.05, 0) is 11.4 Å². The third-order valence-electron chi connectivity index (χ3n) is 2.42. The minimum Gasteiger partial charge on any atom is -0.396 e. The van der Waals surface area contributed by atoms with Crippen LogP contribution in [0, 0.1) is 5.41 Å². The molecule has 0 radical (unpaired) electrons. The third-order valence-corrected chi connectivity index (χ3v) is 3.59. The van der Waals surface area contributed by atoms with Gasteiger partial charge in [-0.3, -0.25) is 0 Å². The van der Waals surface area contributed by atoms with E-state index in [1.54, 1.807) is 0 Å². The van der Waals surface area contributed by atoms with E-state index in [-0.39, 0.29) is 12.0 Å². The lowest BCUT2D eigenvalue weighted by Gasteiger charge is -2.40. The summed E-state index contributed by atoms with van der Waals surface area (Å²) < 4.78 is 5.86. The Morgan fingerprint density at radius 1 is 1.64 bits per heavy atom. The number of thiophene rings is 1. The van der Waals surface area contributed by atoms with Gasteiger partial charge in [-0.2, -0.15) is 0 Å². The molecule has 0 aliphatic carbocycles. The van der Waals surface area contributed by atoms with Crippen molar-refractivity contribution in [2.24, 2.45) is 5.41 Å². The molecule has 2 heterocycles. The standard InChI is InChI=1S/C9H12ClNO2S/c10-8-7(1-2-14-8)11-3-9(4-12)5-13-6-9/h1-2,11-12H,3-6H2. The van der Waals surface area contributed by atoms with Crippen molar-refractivity contribution < 1.29 is 9.84 Å². The van der Waals surface area contributed by atoms with E-state index in [1.807, 2.05) is 11.4 Å². The fraction of sp³-hybridized carbons (Fsp3) is 0.556. The van der Waals surface area contributed by atoms with Crippen molar-refractivity contribution in [2.75, 3.05) is 31.7 Å². The number of rotatable bonds is 4. The summed E-state index contributed by atoms with van der Waals surface area (Å²) in [6.07, 6.45) is 0. The van der Waals surface area contributed by atoms with Crippen LogP contribution in [-0.4, -0.2) is 31.5 Å². The van der Waals surface area contributed by atoms with Crippen molar-refractivity contribution in [2.45, 2.75) is 0 Å². The number of hydrogen-bond acceptors (Lipinski definition) is 4. The number of hydrogen-bond donors (Lipinski definition) is 2. The molecule has 78 valence electrons. The topological polar surface area (TPSA) is 41.5 Å². The Kier molecular flexibility index (Phi) is 2.97. The average molecular weight is 234 g/mol. The van der Waals surface area contributed by atoms with Gasteiger partial charge in [-0.15, -0.1) is 11.3 Å². The predicted molar refractivity (Wildman–Crippen MR) is 58.2 cm³/mol. The van der Waals surface area contributed by atoms with E-state index in [0.717, 1.165) is 10.0 Å². The van der Waals surface area contributed by atoms with Gasteiger partial charge in [0.15, 0.2) is 0 Å². The zero-order valence-electron chi connectivity index (χ0n) is 7.62. The molecule has 2 N–H and O–H groups in total. The second-order valence-corrected chi connectivity index (χ2v) is 5.13. The molecule has 0 unspecified atom stereocenters. The lowest BCUT2D eigenvalue weighted by Crippen LogP contribution is -2.50. The number of anilines is 1. The van der Waals surface area contributed by atoms with Crippen LogP contribution >= 0.6 is 22.9 Å². The molecular formula is C9H12ClNO2S. The van der Waals surface area contributed by atoms with Gasteiger partial charge >= 0.3 is 0 Å². The van der Waals surface area contributed by atoms with Gasteiger partial charge < -0.3 is 15.2 Å². The summed E-state index contributed by atoms with van der Waals surface area (Å²) in [6, 6.07) is 1.94. The molecule has 14 heavy (non-hydrogen) atoms. The number of aliphatic hydroxyl groups excluding tert-OH is 1. The molecule has 1 aromatic rings. The molecule has 2 rings (SSSR count). The van der Waals surface area contributed by atoms with Gasteiger partial charge in [0, 0.05) is 6.54 Å². The Hall–Kier alpha value is -0.290.